The molecule has 3 heterocycles. The molecule has 3 aromatic rings. The minimum Gasteiger partial charge on any atom is -0.444 e. The van der Waals surface area contributed by atoms with Gasteiger partial charge in [-0.2, -0.15) is 0 Å². The molecule has 2 aromatic heterocycles. The standard InChI is InChI=1S/C26H31N5O4S/c1-16(2)36(33)20-9-7-18(8-10-20)21-15-27-17(3)22(28-21)24-30-29-23(34-24)19-11-13-31(14-12-19)25(32)35-26(4,5)6/h7-11,15-16H,12-14H2,1-6H3. The van der Waals surface area contributed by atoms with Crippen LogP contribution in [0.5, 0.6) is 0 Å². The number of ether oxygens (including phenoxy) is 1. The van der Waals surface area contributed by atoms with Crippen molar-refractivity contribution >= 4 is 22.5 Å². The molecule has 1 unspecified atom stereocenters. The quantitative estimate of drug-likeness (QED) is 0.470. The zero-order valence-electron chi connectivity index (χ0n) is 21.4. The number of hydrogen-bond acceptors (Lipinski definition) is 8. The predicted molar refractivity (Wildman–Crippen MR) is 137 cm³/mol. The van der Waals surface area contributed by atoms with Gasteiger partial charge in [0.05, 0.1) is 28.4 Å². The van der Waals surface area contributed by atoms with Crippen LogP contribution in [0.4, 0.5) is 4.79 Å². The van der Waals surface area contributed by atoms with Gasteiger partial charge in [0.25, 0.3) is 5.89 Å². The van der Waals surface area contributed by atoms with Gasteiger partial charge in [-0.05, 0) is 46.2 Å². The van der Waals surface area contributed by atoms with Crippen molar-refractivity contribution in [2.75, 3.05) is 13.1 Å². The molecular formula is C26H31N5O4S. The normalized spacial score (nSPS) is 15.1. The first kappa shape index (κ1) is 25.7. The first-order valence-electron chi connectivity index (χ1n) is 11.9. The Morgan fingerprint density at radius 1 is 1.14 bits per heavy atom. The molecule has 0 spiro atoms. The van der Waals surface area contributed by atoms with Gasteiger partial charge in [-0.3, -0.25) is 9.19 Å². The Labute approximate surface area is 213 Å². The summed E-state index contributed by atoms with van der Waals surface area (Å²) in [6.45, 7) is 12.2. The zero-order chi connectivity index (χ0) is 26.0. The van der Waals surface area contributed by atoms with Gasteiger partial charge >= 0.3 is 6.09 Å². The van der Waals surface area contributed by atoms with Gasteiger partial charge in [0, 0.05) is 34.4 Å². The van der Waals surface area contributed by atoms with Gasteiger partial charge in [-0.1, -0.05) is 32.1 Å². The summed E-state index contributed by atoms with van der Waals surface area (Å²) in [6.07, 6.45) is 3.84. The largest absolute Gasteiger partial charge is 0.444 e. The Morgan fingerprint density at radius 2 is 1.83 bits per heavy atom. The van der Waals surface area contributed by atoms with E-state index in [1.165, 1.54) is 0 Å². The van der Waals surface area contributed by atoms with Gasteiger partial charge in [0.15, 0.2) is 0 Å². The zero-order valence-corrected chi connectivity index (χ0v) is 22.3. The molecule has 9 nitrogen and oxygen atoms in total. The minimum atomic E-state index is -1.05. The summed E-state index contributed by atoms with van der Waals surface area (Å²) in [7, 11) is -1.05. The van der Waals surface area contributed by atoms with E-state index >= 15 is 0 Å². The average Bonchev–Trinajstić information content (AvgIpc) is 3.33. The van der Waals surface area contributed by atoms with E-state index in [-0.39, 0.29) is 17.2 Å². The van der Waals surface area contributed by atoms with Crippen LogP contribution in [0.25, 0.3) is 28.4 Å². The minimum absolute atomic E-state index is 0.0491. The molecule has 0 bridgehead atoms. The van der Waals surface area contributed by atoms with E-state index in [2.05, 4.69) is 15.2 Å². The molecule has 0 aliphatic carbocycles. The molecule has 4 rings (SSSR count). The molecule has 0 N–H and O–H groups in total. The number of carbonyl (C=O) groups is 1. The van der Waals surface area contributed by atoms with E-state index in [9.17, 15) is 9.00 Å². The van der Waals surface area contributed by atoms with Crippen LogP contribution < -0.4 is 0 Å². The van der Waals surface area contributed by atoms with Crippen molar-refractivity contribution in [2.45, 2.75) is 63.7 Å². The molecule has 10 heteroatoms. The number of hydrogen-bond donors (Lipinski definition) is 0. The first-order chi connectivity index (χ1) is 17.0. The van der Waals surface area contributed by atoms with Crippen molar-refractivity contribution in [1.29, 1.82) is 0 Å². The number of rotatable bonds is 5. The summed E-state index contributed by atoms with van der Waals surface area (Å²) < 4.78 is 23.8. The van der Waals surface area contributed by atoms with Crippen LogP contribution in [0.3, 0.4) is 0 Å². The summed E-state index contributed by atoms with van der Waals surface area (Å²) in [5, 5.41) is 8.48. The highest BCUT2D eigenvalue weighted by molar-refractivity contribution is 7.85. The van der Waals surface area contributed by atoms with E-state index < -0.39 is 16.4 Å². The number of aromatic nitrogens is 4. The molecule has 1 aliphatic heterocycles. The summed E-state index contributed by atoms with van der Waals surface area (Å²) >= 11 is 0. The lowest BCUT2D eigenvalue weighted by Gasteiger charge is -2.28. The van der Waals surface area contributed by atoms with Crippen molar-refractivity contribution in [3.8, 4) is 22.8 Å². The van der Waals surface area contributed by atoms with Crippen LogP contribution in [0.2, 0.25) is 0 Å². The summed E-state index contributed by atoms with van der Waals surface area (Å²) in [4.78, 5) is 23.9. The highest BCUT2D eigenvalue weighted by atomic mass is 32.2. The molecule has 1 amide bonds. The Kier molecular flexibility index (Phi) is 7.35. The Hall–Kier alpha value is -3.40. The van der Waals surface area contributed by atoms with Crippen LogP contribution in [-0.4, -0.2) is 59.3 Å². The number of benzene rings is 1. The SMILES string of the molecule is Cc1ncc(-c2ccc(S(=O)C(C)C)cc2)nc1-c1nnc(C2=CCN(C(=O)OC(C)(C)C)CC2)o1. The maximum Gasteiger partial charge on any atom is 0.410 e. The number of aryl methyl sites for hydroxylation is 1. The predicted octanol–water partition coefficient (Wildman–Crippen LogP) is 5.04. The summed E-state index contributed by atoms with van der Waals surface area (Å²) in [5.74, 6) is 0.686. The molecule has 0 saturated carbocycles. The van der Waals surface area contributed by atoms with Crippen molar-refractivity contribution < 1.29 is 18.2 Å². The van der Waals surface area contributed by atoms with Crippen molar-refractivity contribution in [3.05, 3.63) is 48.1 Å². The Bertz CT molecular complexity index is 1310. The first-order valence-corrected chi connectivity index (χ1v) is 13.1. The fourth-order valence-corrected chi connectivity index (χ4v) is 4.58. The third-order valence-corrected chi connectivity index (χ3v) is 7.12. The van der Waals surface area contributed by atoms with Crippen LogP contribution >= 0.6 is 0 Å². The van der Waals surface area contributed by atoms with Crippen molar-refractivity contribution in [2.24, 2.45) is 0 Å². The molecule has 0 saturated heterocycles. The third-order valence-electron chi connectivity index (χ3n) is 5.53. The monoisotopic (exact) mass is 509 g/mol. The average molecular weight is 510 g/mol. The molecule has 1 aromatic carbocycles. The van der Waals surface area contributed by atoms with Crippen molar-refractivity contribution in [3.63, 3.8) is 0 Å². The lowest BCUT2D eigenvalue weighted by Crippen LogP contribution is -2.39. The second-order valence-corrected chi connectivity index (χ2v) is 11.9. The lowest BCUT2D eigenvalue weighted by molar-refractivity contribution is 0.0270. The highest BCUT2D eigenvalue weighted by Gasteiger charge is 2.26. The molecular weight excluding hydrogens is 478 g/mol. The van der Waals surface area contributed by atoms with Gasteiger partial charge < -0.3 is 14.1 Å². The maximum absolute atomic E-state index is 12.3. The fourth-order valence-electron chi connectivity index (χ4n) is 3.63. The van der Waals surface area contributed by atoms with Crippen molar-refractivity contribution in [1.82, 2.24) is 25.1 Å². The van der Waals surface area contributed by atoms with Gasteiger partial charge in [0.2, 0.25) is 5.89 Å². The molecule has 36 heavy (non-hydrogen) atoms. The van der Waals surface area contributed by atoms with Crippen LogP contribution in [0.15, 0.2) is 45.9 Å². The Balaban J connectivity index is 1.52. The third kappa shape index (κ3) is 5.87. The smallest absolute Gasteiger partial charge is 0.410 e. The lowest BCUT2D eigenvalue weighted by atomic mass is 10.1. The molecule has 1 aliphatic rings. The van der Waals surface area contributed by atoms with Gasteiger partial charge in [-0.25, -0.2) is 9.78 Å². The van der Waals surface area contributed by atoms with E-state index in [0.717, 1.165) is 16.0 Å². The molecule has 190 valence electrons. The van der Waals surface area contributed by atoms with Gasteiger partial charge in [0.1, 0.15) is 11.3 Å². The molecule has 0 fully saturated rings. The van der Waals surface area contributed by atoms with E-state index in [1.807, 2.05) is 71.9 Å². The summed E-state index contributed by atoms with van der Waals surface area (Å²) in [6, 6.07) is 7.49. The number of carbonyl (C=O) groups excluding carboxylic acids is 1. The fraction of sp³-hybridized carbons (Fsp3) is 0.423. The number of nitrogens with zero attached hydrogens (tertiary/aromatic N) is 5. The van der Waals surface area contributed by atoms with Crippen LogP contribution in [0.1, 0.15) is 52.6 Å². The Morgan fingerprint density at radius 3 is 2.44 bits per heavy atom. The van der Waals surface area contributed by atoms with E-state index in [1.54, 1.807) is 11.1 Å². The number of amides is 1. The summed E-state index contributed by atoms with van der Waals surface area (Å²) in [5.41, 5.74) is 3.02. The maximum atomic E-state index is 12.3. The van der Waals surface area contributed by atoms with Gasteiger partial charge in [-0.15, -0.1) is 10.2 Å². The second kappa shape index (κ2) is 10.3. The molecule has 1 atom stereocenters. The second-order valence-electron chi connectivity index (χ2n) is 9.88. The topological polar surface area (TPSA) is 111 Å². The van der Waals surface area contributed by atoms with Crippen LogP contribution in [0, 0.1) is 6.92 Å². The van der Waals surface area contributed by atoms with Crippen LogP contribution in [-0.2, 0) is 15.5 Å². The highest BCUT2D eigenvalue weighted by Crippen LogP contribution is 2.28. The van der Waals surface area contributed by atoms with E-state index in [0.29, 0.717) is 42.5 Å². The molecule has 0 radical (unpaired) electrons. The van der Waals surface area contributed by atoms with E-state index in [4.69, 9.17) is 14.1 Å².